The number of anilines is 2. The predicted octanol–water partition coefficient (Wildman–Crippen LogP) is 7.45. The van der Waals surface area contributed by atoms with E-state index in [1.165, 1.54) is 29.9 Å². The highest BCUT2D eigenvalue weighted by Gasteiger charge is 2.28. The summed E-state index contributed by atoms with van der Waals surface area (Å²) in [4.78, 5) is 2.59. The first-order valence-electron chi connectivity index (χ1n) is 11.5. The number of rotatable bonds is 4. The molecule has 5 rings (SSSR count). The van der Waals surface area contributed by atoms with Crippen LogP contribution in [0.15, 0.2) is 51.0 Å². The van der Waals surface area contributed by atoms with Gasteiger partial charge in [0.15, 0.2) is 6.29 Å². The highest BCUT2D eigenvalue weighted by Crippen LogP contribution is 2.43. The van der Waals surface area contributed by atoms with Crippen LogP contribution >= 0.6 is 34.5 Å². The first kappa shape index (κ1) is 25.0. The summed E-state index contributed by atoms with van der Waals surface area (Å²) in [5.41, 5.74) is 2.32. The van der Waals surface area contributed by atoms with Crippen molar-refractivity contribution in [1.29, 1.82) is 0 Å². The molecule has 0 bridgehead atoms. The van der Waals surface area contributed by atoms with Gasteiger partial charge in [-0.3, -0.25) is 0 Å². The van der Waals surface area contributed by atoms with Gasteiger partial charge in [-0.05, 0) is 54.2 Å². The number of aliphatic hydroxyl groups excluding tert-OH is 1. The molecule has 1 saturated carbocycles. The molecule has 10 heteroatoms. The zero-order chi connectivity index (χ0) is 24.7. The summed E-state index contributed by atoms with van der Waals surface area (Å²) in [5.74, 6) is -0.372. The average Bonchev–Trinajstić information content (AvgIpc) is 3.22. The van der Waals surface area contributed by atoms with E-state index in [0.29, 0.717) is 43.5 Å². The lowest BCUT2D eigenvalue weighted by molar-refractivity contribution is -0.0449. The van der Waals surface area contributed by atoms with E-state index in [9.17, 15) is 18.8 Å². The Bertz CT molecular complexity index is 1330. The average molecular weight is 555 g/mol. The topological polar surface area (TPSA) is 73.1 Å². The summed E-state index contributed by atoms with van der Waals surface area (Å²) in [5, 5.41) is 21.4. The summed E-state index contributed by atoms with van der Waals surface area (Å²) in [6, 6.07) is 9.25. The zero-order valence-electron chi connectivity index (χ0n) is 18.7. The molecule has 0 spiro atoms. The number of aliphatic hydroxyl groups is 2. The summed E-state index contributed by atoms with van der Waals surface area (Å²) >= 11 is 14.4. The SMILES string of the molecule is O=[S-]1=N[C@H](C2CCCCC2)CN(c2csc(Cl)c2)c2cc(Cl)c(-c3ccc(F)c(C(O)O)c3)cc21. The van der Waals surface area contributed by atoms with Crippen molar-refractivity contribution in [2.24, 2.45) is 10.3 Å². The number of hydrogen-bond donors (Lipinski definition) is 2. The van der Waals surface area contributed by atoms with Crippen LogP contribution in [0.2, 0.25) is 9.36 Å². The van der Waals surface area contributed by atoms with Gasteiger partial charge >= 0.3 is 0 Å². The van der Waals surface area contributed by atoms with Crippen molar-refractivity contribution in [1.82, 2.24) is 0 Å². The fourth-order valence-electron chi connectivity index (χ4n) is 4.96. The minimum absolute atomic E-state index is 0.105. The monoisotopic (exact) mass is 553 g/mol. The maximum Gasteiger partial charge on any atom is 0.181 e. The third-order valence-corrected chi connectivity index (χ3v) is 9.33. The maximum absolute atomic E-state index is 14.1. The van der Waals surface area contributed by atoms with E-state index in [2.05, 4.69) is 4.90 Å². The molecule has 1 aromatic heterocycles. The van der Waals surface area contributed by atoms with Gasteiger partial charge in [-0.25, -0.2) is 4.39 Å². The van der Waals surface area contributed by atoms with Crippen molar-refractivity contribution in [3.63, 3.8) is 0 Å². The largest absolute Gasteiger partial charge is 0.440 e. The molecule has 35 heavy (non-hydrogen) atoms. The second kappa shape index (κ2) is 10.4. The van der Waals surface area contributed by atoms with Crippen LogP contribution in [0.5, 0.6) is 0 Å². The lowest BCUT2D eigenvalue weighted by Gasteiger charge is -2.33. The minimum Gasteiger partial charge on any atom is -0.440 e. The van der Waals surface area contributed by atoms with Gasteiger partial charge in [0.1, 0.15) is 5.82 Å². The second-order valence-corrected chi connectivity index (χ2v) is 12.0. The van der Waals surface area contributed by atoms with E-state index in [4.69, 9.17) is 27.6 Å². The lowest BCUT2D eigenvalue weighted by Crippen LogP contribution is -2.33. The van der Waals surface area contributed by atoms with Crippen LogP contribution < -0.4 is 4.90 Å². The third-order valence-electron chi connectivity index (χ3n) is 6.77. The van der Waals surface area contributed by atoms with Crippen LogP contribution in [-0.2, 0) is 14.8 Å². The molecule has 1 aliphatic carbocycles. The van der Waals surface area contributed by atoms with Crippen LogP contribution in [0, 0.1) is 11.7 Å². The molecule has 3 aromatic rings. The second-order valence-electron chi connectivity index (χ2n) is 8.95. The van der Waals surface area contributed by atoms with Crippen LogP contribution in [0.3, 0.4) is 0 Å². The smallest absolute Gasteiger partial charge is 0.181 e. The predicted molar refractivity (Wildman–Crippen MR) is 139 cm³/mol. The molecule has 2 N–H and O–H groups in total. The Balaban J connectivity index is 1.65. The molecule has 1 atom stereocenters. The molecule has 0 radical (unpaired) electrons. The number of hydrogen-bond acceptors (Lipinski definition) is 7. The first-order valence-corrected chi connectivity index (χ1v) is 14.2. The zero-order valence-corrected chi connectivity index (χ0v) is 21.8. The Labute approximate surface area is 219 Å². The molecular weight excluding hydrogens is 530 g/mol. The van der Waals surface area contributed by atoms with E-state index in [1.54, 1.807) is 12.1 Å². The fourth-order valence-corrected chi connectivity index (χ4v) is 7.26. The minimum atomic E-state index is -1.96. The Kier molecular flexibility index (Phi) is 7.40. The first-order chi connectivity index (χ1) is 16.8. The van der Waals surface area contributed by atoms with E-state index in [0.717, 1.165) is 37.4 Å². The summed E-state index contributed by atoms with van der Waals surface area (Å²) < 4.78 is 33.0. The Morgan fingerprint density at radius 1 is 1.11 bits per heavy atom. The Morgan fingerprint density at radius 2 is 1.89 bits per heavy atom. The van der Waals surface area contributed by atoms with Gasteiger partial charge in [0.05, 0.1) is 15.0 Å². The molecule has 1 fully saturated rings. The van der Waals surface area contributed by atoms with Gasteiger partial charge in [-0.2, -0.15) is 10.6 Å². The highest BCUT2D eigenvalue weighted by atomic mass is 35.5. The van der Waals surface area contributed by atoms with Crippen molar-refractivity contribution in [3.05, 3.63) is 62.5 Å². The van der Waals surface area contributed by atoms with Crippen molar-refractivity contribution in [2.75, 3.05) is 11.4 Å². The lowest BCUT2D eigenvalue weighted by atomic mass is 9.84. The quantitative estimate of drug-likeness (QED) is 0.260. The normalized spacial score (nSPS) is 19.5. The van der Waals surface area contributed by atoms with E-state index >= 15 is 0 Å². The van der Waals surface area contributed by atoms with Crippen LogP contribution in [0.4, 0.5) is 15.8 Å². The van der Waals surface area contributed by atoms with Crippen LogP contribution in [0.25, 0.3) is 11.1 Å². The van der Waals surface area contributed by atoms with Gasteiger partial charge in [0.25, 0.3) is 0 Å². The summed E-state index contributed by atoms with van der Waals surface area (Å²) in [6.07, 6.45) is 3.69. The van der Waals surface area contributed by atoms with Gasteiger partial charge in [0, 0.05) is 29.2 Å². The fraction of sp³-hybridized carbons (Fsp3) is 0.360. The van der Waals surface area contributed by atoms with E-state index < -0.39 is 22.7 Å². The molecule has 2 heterocycles. The molecule has 0 saturated heterocycles. The van der Waals surface area contributed by atoms with Crippen LogP contribution in [-0.4, -0.2) is 22.8 Å². The summed E-state index contributed by atoms with van der Waals surface area (Å²) in [6.45, 7) is 0.573. The molecule has 2 aromatic carbocycles. The number of halogens is 3. The van der Waals surface area contributed by atoms with Crippen molar-refractivity contribution >= 4 is 56.5 Å². The number of nitrogens with zero attached hydrogens (tertiary/aromatic N) is 2. The number of benzene rings is 2. The van der Waals surface area contributed by atoms with Crippen LogP contribution in [0.1, 0.15) is 44.0 Å². The Morgan fingerprint density at radius 3 is 2.57 bits per heavy atom. The Hall–Kier alpha value is -1.68. The third kappa shape index (κ3) is 5.10. The van der Waals surface area contributed by atoms with Gasteiger partial charge < -0.3 is 23.7 Å². The van der Waals surface area contributed by atoms with E-state index in [-0.39, 0.29) is 11.6 Å². The maximum atomic E-state index is 14.1. The van der Waals surface area contributed by atoms with Crippen molar-refractivity contribution in [3.8, 4) is 11.1 Å². The molecule has 2 aliphatic rings. The van der Waals surface area contributed by atoms with Gasteiger partial charge in [-0.15, -0.1) is 11.3 Å². The van der Waals surface area contributed by atoms with Gasteiger partial charge in [-0.1, -0.05) is 59.5 Å². The van der Waals surface area contributed by atoms with Gasteiger partial charge in [0.2, 0.25) is 0 Å². The number of fused-ring (bicyclic) bond motifs is 1. The standard InChI is InChI=1S/C25H24Cl2FN2O3S2/c26-19-11-22-23(10-17(19)15-6-7-20(28)18(8-15)25(31)32)35(33)29-21(14-4-2-1-3-5-14)12-30(22)16-9-24(27)34-13-16/h6-11,13-14,21,25,31-32H,1-5,12H2/q-1/t21-/m0/s1. The molecule has 1 aliphatic heterocycles. The molecule has 0 amide bonds. The van der Waals surface area contributed by atoms with E-state index in [1.807, 2.05) is 11.4 Å². The molecular formula is C25H24Cl2FN2O3S2-. The molecule has 0 unspecified atom stereocenters. The van der Waals surface area contributed by atoms with Crippen molar-refractivity contribution in [2.45, 2.75) is 49.3 Å². The highest BCUT2D eigenvalue weighted by molar-refractivity contribution is 7.75. The number of thiophene rings is 1. The molecule has 5 nitrogen and oxygen atoms in total. The molecule has 186 valence electrons. The van der Waals surface area contributed by atoms with Crippen molar-refractivity contribution < 1.29 is 18.8 Å². The summed E-state index contributed by atoms with van der Waals surface area (Å²) in [7, 11) is -1.64.